The van der Waals surface area contributed by atoms with Crippen molar-refractivity contribution >= 4 is 52.5 Å². The van der Waals surface area contributed by atoms with Crippen LogP contribution >= 0.6 is 0 Å². The second-order valence-electron chi connectivity index (χ2n) is 17.1. The Bertz CT molecular complexity index is 2420. The summed E-state index contributed by atoms with van der Waals surface area (Å²) < 4.78 is 95.5. The molecular formula is C48H71F3N12O17. The van der Waals surface area contributed by atoms with E-state index in [9.17, 15) is 41.9 Å². The maximum absolute atomic E-state index is 13.6. The number of azide groups is 1. The van der Waals surface area contributed by atoms with E-state index in [0.29, 0.717) is 71.0 Å². The number of aromatic amines is 1. The van der Waals surface area contributed by atoms with Gasteiger partial charge in [-0.15, -0.1) is 0 Å². The minimum Gasteiger partial charge on any atom is -0.478 e. The van der Waals surface area contributed by atoms with Crippen LogP contribution in [0.2, 0.25) is 0 Å². The van der Waals surface area contributed by atoms with E-state index in [4.69, 9.17) is 63.7 Å². The van der Waals surface area contributed by atoms with Gasteiger partial charge in [0, 0.05) is 43.1 Å². The summed E-state index contributed by atoms with van der Waals surface area (Å²) in [6, 6.07) is 3.26. The fraction of sp³-hybridized carbons (Fsp3) is 0.646. The number of carboxylic acids is 1. The molecule has 3 aromatic rings. The highest BCUT2D eigenvalue weighted by atomic mass is 19.4. The zero-order valence-electron chi connectivity index (χ0n) is 44.6. The monoisotopic (exact) mass is 1140 g/mol. The number of ether oxygens (including phenoxy) is 10. The van der Waals surface area contributed by atoms with Gasteiger partial charge < -0.3 is 74.2 Å². The Kier molecular flexibility index (Phi) is 33.5. The molecule has 0 spiro atoms. The first-order chi connectivity index (χ1) is 38.5. The number of nitrogens with two attached hydrogens (primary N) is 1. The number of H-pyrrole nitrogens is 1. The van der Waals surface area contributed by atoms with Gasteiger partial charge >= 0.3 is 24.0 Å². The number of amides is 3. The molecule has 29 nitrogen and oxygen atoms in total. The first-order valence-electron chi connectivity index (χ1n) is 25.4. The topological polar surface area (TPSA) is 384 Å². The van der Waals surface area contributed by atoms with Crippen molar-refractivity contribution < 1.29 is 89.6 Å². The van der Waals surface area contributed by atoms with Gasteiger partial charge in [0.15, 0.2) is 17.4 Å². The number of aromatic carboxylic acids is 1. The summed E-state index contributed by atoms with van der Waals surface area (Å²) in [6.07, 6.45) is -4.82. The highest BCUT2D eigenvalue weighted by molar-refractivity contribution is 5.98. The molecule has 0 aliphatic heterocycles. The molecule has 3 rings (SSSR count). The van der Waals surface area contributed by atoms with Crippen molar-refractivity contribution in [2.24, 2.45) is 16.8 Å². The van der Waals surface area contributed by atoms with Crippen LogP contribution in [0.25, 0.3) is 21.6 Å². The SMILES string of the molecule is CC(C)COC(=O)[C@@H](N)CCC(=O)NCCNC(=O)CCOCCOCCOCCOCCOCCOCCOCCOC(COCCN=[N+]=[N-])Nc1nc2ncc(CN(C(=O)C(F)(F)F)c3ccc(C(=O)O)cc3)nc2c(=O)[nH]1. The van der Waals surface area contributed by atoms with Gasteiger partial charge in [0.2, 0.25) is 17.8 Å². The quantitative estimate of drug-likeness (QED) is 0.0117. The Morgan fingerprint density at radius 1 is 0.762 bits per heavy atom. The third kappa shape index (κ3) is 29.5. The highest BCUT2D eigenvalue weighted by Gasteiger charge is 2.43. The Hall–Kier alpha value is -6.71. The largest absolute Gasteiger partial charge is 0.478 e. The first-order valence-corrected chi connectivity index (χ1v) is 25.4. The molecule has 32 heteroatoms. The van der Waals surface area contributed by atoms with Gasteiger partial charge in [0.05, 0.1) is 143 Å². The summed E-state index contributed by atoms with van der Waals surface area (Å²) in [6.45, 7) is 8.09. The predicted molar refractivity (Wildman–Crippen MR) is 276 cm³/mol. The molecule has 2 atom stereocenters. The number of esters is 1. The van der Waals surface area contributed by atoms with Crippen LogP contribution in [0.3, 0.4) is 0 Å². The summed E-state index contributed by atoms with van der Waals surface area (Å²) in [7, 11) is 0. The number of benzene rings is 1. The Labute approximate surface area is 457 Å². The van der Waals surface area contributed by atoms with E-state index in [2.05, 4.69) is 45.9 Å². The van der Waals surface area contributed by atoms with E-state index >= 15 is 0 Å². The maximum Gasteiger partial charge on any atom is 0.471 e. The molecule has 0 fully saturated rings. The van der Waals surface area contributed by atoms with Crippen molar-refractivity contribution in [3.63, 3.8) is 0 Å². The Morgan fingerprint density at radius 2 is 1.30 bits per heavy atom. The third-order valence-electron chi connectivity index (χ3n) is 10.2. The van der Waals surface area contributed by atoms with Gasteiger partial charge in [0.25, 0.3) is 5.56 Å². The lowest BCUT2D eigenvalue weighted by molar-refractivity contribution is -0.170. The number of fused-ring (bicyclic) bond motifs is 1. The number of hydrogen-bond donors (Lipinski definition) is 6. The number of carboxylic acid groups (broad SMARTS) is 1. The van der Waals surface area contributed by atoms with Crippen molar-refractivity contribution in [3.8, 4) is 0 Å². The van der Waals surface area contributed by atoms with Crippen LogP contribution < -0.4 is 32.1 Å². The second-order valence-corrected chi connectivity index (χ2v) is 17.1. The lowest BCUT2D eigenvalue weighted by atomic mass is 10.1. The standard InChI is InChI=1S/C48H71F3N12O17/c1-33(2)31-80-45(69)37(52)7-8-38(64)54-10-11-55-39(65)9-13-71-15-16-72-17-18-73-19-20-74-21-22-75-23-24-76-25-26-77-27-28-79-40(32-78-14-12-57-62-53)59-47-60-42-41(43(66)61-47)58-35(29-56-42)30-63(46(70)48(49,50)51)36-5-3-34(4-6-36)44(67)68/h3-6,29,33,37,40H,7-28,30-32,52H2,1-2H3,(H,54,64)(H,55,65)(H,67,68)(H2,56,59,60,61,66)/t37-,40?/m0/s1. The van der Waals surface area contributed by atoms with Crippen LogP contribution in [0.15, 0.2) is 40.4 Å². The fourth-order valence-electron chi connectivity index (χ4n) is 6.28. The third-order valence-corrected chi connectivity index (χ3v) is 10.2. The van der Waals surface area contributed by atoms with Crippen LogP contribution in [0.4, 0.5) is 24.8 Å². The van der Waals surface area contributed by atoms with Gasteiger partial charge in [-0.25, -0.2) is 14.8 Å². The molecule has 0 saturated heterocycles. The molecule has 0 aliphatic carbocycles. The van der Waals surface area contributed by atoms with Gasteiger partial charge in [-0.3, -0.25) is 33.9 Å². The van der Waals surface area contributed by atoms with Gasteiger partial charge in [0.1, 0.15) is 6.04 Å². The number of hydrogen-bond acceptors (Lipinski definition) is 22. The number of carbonyl (C=O) groups excluding carboxylic acids is 4. The summed E-state index contributed by atoms with van der Waals surface area (Å²) >= 11 is 0. The van der Waals surface area contributed by atoms with E-state index in [-0.39, 0.29) is 144 Å². The predicted octanol–water partition coefficient (Wildman–Crippen LogP) is 1.63. The number of rotatable bonds is 45. The van der Waals surface area contributed by atoms with Crippen LogP contribution in [0.5, 0.6) is 0 Å². The van der Waals surface area contributed by atoms with Crippen molar-refractivity contribution in [1.82, 2.24) is 30.6 Å². The fourth-order valence-corrected chi connectivity index (χ4v) is 6.28. The Morgan fingerprint density at radius 3 is 1.82 bits per heavy atom. The number of halogens is 3. The van der Waals surface area contributed by atoms with Crippen LogP contribution in [-0.2, 0) is 73.1 Å². The van der Waals surface area contributed by atoms with Crippen molar-refractivity contribution in [2.75, 3.05) is 149 Å². The van der Waals surface area contributed by atoms with E-state index < -0.39 is 48.4 Å². The molecule has 0 radical (unpaired) electrons. The number of alkyl halides is 3. The molecule has 2 heterocycles. The molecular weight excluding hydrogens is 1070 g/mol. The summed E-state index contributed by atoms with van der Waals surface area (Å²) in [5.74, 6) is -4.56. The van der Waals surface area contributed by atoms with Crippen LogP contribution in [0.1, 0.15) is 49.2 Å². The molecule has 446 valence electrons. The first kappa shape index (κ1) is 67.6. The van der Waals surface area contributed by atoms with E-state index in [1.54, 1.807) is 0 Å². The maximum atomic E-state index is 13.6. The van der Waals surface area contributed by atoms with Gasteiger partial charge in [-0.1, -0.05) is 19.0 Å². The zero-order valence-corrected chi connectivity index (χ0v) is 44.6. The molecule has 0 aliphatic rings. The molecule has 0 saturated carbocycles. The summed E-state index contributed by atoms with van der Waals surface area (Å²) in [5, 5.41) is 20.8. The summed E-state index contributed by atoms with van der Waals surface area (Å²) in [5.41, 5.74) is 12.2. The minimum atomic E-state index is -5.30. The molecule has 1 unspecified atom stereocenters. The molecule has 7 N–H and O–H groups in total. The lowest BCUT2D eigenvalue weighted by Crippen LogP contribution is -2.41. The summed E-state index contributed by atoms with van der Waals surface area (Å²) in [4.78, 5) is 90.3. The number of nitrogens with one attached hydrogen (secondary N) is 4. The normalized spacial score (nSPS) is 12.2. The van der Waals surface area contributed by atoms with Crippen LogP contribution in [-0.4, -0.2) is 212 Å². The number of anilines is 2. The van der Waals surface area contributed by atoms with Crippen LogP contribution in [0, 0.1) is 5.92 Å². The zero-order chi connectivity index (χ0) is 58.4. The molecule has 1 aromatic carbocycles. The Balaban J connectivity index is 1.19. The highest BCUT2D eigenvalue weighted by Crippen LogP contribution is 2.26. The van der Waals surface area contributed by atoms with Crippen molar-refractivity contribution in [1.29, 1.82) is 0 Å². The number of aromatic nitrogens is 4. The molecule has 80 heavy (non-hydrogen) atoms. The van der Waals surface area contributed by atoms with E-state index in [1.807, 2.05) is 13.8 Å². The van der Waals surface area contributed by atoms with E-state index in [0.717, 1.165) is 30.5 Å². The smallest absolute Gasteiger partial charge is 0.471 e. The number of carbonyl (C=O) groups is 5. The van der Waals surface area contributed by atoms with Crippen molar-refractivity contribution in [3.05, 3.63) is 62.5 Å². The van der Waals surface area contributed by atoms with E-state index in [1.165, 1.54) is 0 Å². The molecule has 2 aromatic heterocycles. The lowest BCUT2D eigenvalue weighted by Gasteiger charge is -2.23. The van der Waals surface area contributed by atoms with Gasteiger partial charge in [-0.05, 0) is 42.1 Å². The number of nitrogens with zero attached hydrogens (tertiary/aromatic N) is 7. The van der Waals surface area contributed by atoms with Gasteiger partial charge in [-0.2, -0.15) is 18.2 Å². The molecule has 3 amide bonds. The average Bonchev–Trinajstić information content (AvgIpc) is 3.43. The average molecular weight is 1150 g/mol. The minimum absolute atomic E-state index is 0.0335. The van der Waals surface area contributed by atoms with Crippen molar-refractivity contribution in [2.45, 2.75) is 58.1 Å². The second kappa shape index (κ2) is 39.6. The molecule has 0 bridgehead atoms.